The van der Waals surface area contributed by atoms with Crippen LogP contribution in [-0.2, 0) is 26.1 Å². The average Bonchev–Trinajstić information content (AvgIpc) is 3.31. The van der Waals surface area contributed by atoms with E-state index in [0.29, 0.717) is 26.1 Å². The minimum Gasteiger partial charge on any atom is -0.377 e. The first-order chi connectivity index (χ1) is 12.9. The lowest BCUT2D eigenvalue weighted by Gasteiger charge is -2.15. The zero-order chi connectivity index (χ0) is 19.3. The lowest BCUT2D eigenvalue weighted by atomic mass is 10.00. The van der Waals surface area contributed by atoms with Gasteiger partial charge in [-0.3, -0.25) is 4.79 Å². The maximum Gasteiger partial charge on any atom is 0.240 e. The molecule has 0 radical (unpaired) electrons. The Morgan fingerprint density at radius 3 is 2.50 bits per heavy atom. The molecule has 1 aromatic rings. The SMILES string of the molecule is Cl.N[C@@H]1CCC[C@H]1CC(=O)NCc1ccc(S(=O)(=O)NCC2CCCO2)cc1. The van der Waals surface area contributed by atoms with Gasteiger partial charge in [-0.1, -0.05) is 18.6 Å². The molecule has 0 aromatic heterocycles. The minimum atomic E-state index is -3.55. The Morgan fingerprint density at radius 2 is 1.89 bits per heavy atom. The van der Waals surface area contributed by atoms with Crippen LogP contribution in [-0.4, -0.2) is 39.6 Å². The lowest BCUT2D eigenvalue weighted by Crippen LogP contribution is -2.32. The largest absolute Gasteiger partial charge is 0.377 e. The second-order valence-electron chi connectivity index (χ2n) is 7.47. The fourth-order valence-electron chi connectivity index (χ4n) is 3.71. The van der Waals surface area contributed by atoms with Crippen LogP contribution >= 0.6 is 12.4 Å². The zero-order valence-corrected chi connectivity index (χ0v) is 17.6. The number of nitrogens with one attached hydrogen (secondary N) is 2. The summed E-state index contributed by atoms with van der Waals surface area (Å²) < 4.78 is 32.7. The first kappa shape index (κ1) is 23.1. The highest BCUT2D eigenvalue weighted by Crippen LogP contribution is 2.26. The number of rotatable bonds is 8. The summed E-state index contributed by atoms with van der Waals surface area (Å²) in [6.07, 6.45) is 5.38. The maximum absolute atomic E-state index is 12.3. The third kappa shape index (κ3) is 6.42. The molecule has 0 spiro atoms. The van der Waals surface area contributed by atoms with Gasteiger partial charge < -0.3 is 15.8 Å². The molecular formula is C19H30ClN3O4S. The number of ether oxygens (including phenoxy) is 1. The van der Waals surface area contributed by atoms with Crippen molar-refractivity contribution in [3.05, 3.63) is 29.8 Å². The summed E-state index contributed by atoms with van der Waals surface area (Å²) in [6, 6.07) is 6.70. The molecule has 1 heterocycles. The monoisotopic (exact) mass is 431 g/mol. The van der Waals surface area contributed by atoms with Crippen LogP contribution in [0, 0.1) is 5.92 Å². The van der Waals surface area contributed by atoms with E-state index in [9.17, 15) is 13.2 Å². The van der Waals surface area contributed by atoms with Crippen molar-refractivity contribution >= 4 is 28.3 Å². The van der Waals surface area contributed by atoms with E-state index in [-0.39, 0.29) is 41.3 Å². The van der Waals surface area contributed by atoms with Crippen LogP contribution < -0.4 is 15.8 Å². The standard InChI is InChI=1S/C19H29N3O4S.ClH/c20-18-5-1-3-15(18)11-19(23)21-12-14-6-8-17(9-7-14)27(24,25)22-13-16-4-2-10-26-16;/h6-9,15-16,18,22H,1-5,10-13,20H2,(H,21,23);1H/t15-,16?,18+;/m0./s1. The second-order valence-corrected chi connectivity index (χ2v) is 9.23. The van der Waals surface area contributed by atoms with Crippen molar-refractivity contribution < 1.29 is 17.9 Å². The molecule has 158 valence electrons. The predicted octanol–water partition coefficient (Wildman–Crippen LogP) is 1.70. The highest BCUT2D eigenvalue weighted by atomic mass is 35.5. The Bertz CT molecular complexity index is 736. The van der Waals surface area contributed by atoms with Crippen LogP contribution in [0.1, 0.15) is 44.1 Å². The topological polar surface area (TPSA) is 111 Å². The third-order valence-corrected chi connectivity index (χ3v) is 6.85. The van der Waals surface area contributed by atoms with Crippen LogP contribution in [0.25, 0.3) is 0 Å². The lowest BCUT2D eigenvalue weighted by molar-refractivity contribution is -0.122. The molecule has 1 aromatic carbocycles. The van der Waals surface area contributed by atoms with Gasteiger partial charge in [0.2, 0.25) is 15.9 Å². The van der Waals surface area contributed by atoms with Crippen LogP contribution in [0.2, 0.25) is 0 Å². The second kappa shape index (κ2) is 10.5. The minimum absolute atomic E-state index is 0. The molecule has 9 heteroatoms. The molecule has 2 fully saturated rings. The average molecular weight is 432 g/mol. The molecule has 7 nitrogen and oxygen atoms in total. The van der Waals surface area contributed by atoms with Gasteiger partial charge in [0.1, 0.15) is 0 Å². The molecule has 1 aliphatic heterocycles. The smallest absolute Gasteiger partial charge is 0.240 e. The molecule has 4 N–H and O–H groups in total. The summed E-state index contributed by atoms with van der Waals surface area (Å²) in [5.41, 5.74) is 6.86. The molecule has 2 aliphatic rings. The summed E-state index contributed by atoms with van der Waals surface area (Å²) in [6.45, 7) is 1.37. The number of nitrogens with two attached hydrogens (primary N) is 1. The van der Waals surface area contributed by atoms with Gasteiger partial charge >= 0.3 is 0 Å². The number of halogens is 1. The molecule has 3 atom stereocenters. The quantitative estimate of drug-likeness (QED) is 0.580. The van der Waals surface area contributed by atoms with Crippen molar-refractivity contribution in [2.45, 2.75) is 62.1 Å². The zero-order valence-electron chi connectivity index (χ0n) is 15.9. The molecule has 1 unspecified atom stereocenters. The fourth-order valence-corrected chi connectivity index (χ4v) is 4.77. The highest BCUT2D eigenvalue weighted by molar-refractivity contribution is 7.89. The van der Waals surface area contributed by atoms with Gasteiger partial charge in [0.05, 0.1) is 11.0 Å². The summed E-state index contributed by atoms with van der Waals surface area (Å²) >= 11 is 0. The number of hydrogen-bond acceptors (Lipinski definition) is 5. The van der Waals surface area contributed by atoms with Gasteiger partial charge in [0.15, 0.2) is 0 Å². The highest BCUT2D eigenvalue weighted by Gasteiger charge is 2.26. The van der Waals surface area contributed by atoms with E-state index in [1.807, 2.05) is 0 Å². The number of benzene rings is 1. The Hall–Kier alpha value is -1.19. The van der Waals surface area contributed by atoms with Gasteiger partial charge in [-0.2, -0.15) is 0 Å². The van der Waals surface area contributed by atoms with Crippen LogP contribution in [0.15, 0.2) is 29.2 Å². The number of carbonyl (C=O) groups excluding carboxylic acids is 1. The molecular weight excluding hydrogens is 402 g/mol. The van der Waals surface area contributed by atoms with Gasteiger partial charge in [-0.05, 0) is 49.3 Å². The molecule has 1 amide bonds. The van der Waals surface area contributed by atoms with Crippen LogP contribution in [0.3, 0.4) is 0 Å². The molecule has 1 aliphatic carbocycles. The number of hydrogen-bond donors (Lipinski definition) is 3. The third-order valence-electron chi connectivity index (χ3n) is 5.41. The molecule has 0 bridgehead atoms. The van der Waals surface area contributed by atoms with Gasteiger partial charge in [0, 0.05) is 32.2 Å². The number of sulfonamides is 1. The summed E-state index contributed by atoms with van der Waals surface area (Å²) in [5, 5.41) is 2.89. The summed E-state index contributed by atoms with van der Waals surface area (Å²) in [5.74, 6) is 0.264. The van der Waals surface area contributed by atoms with E-state index in [1.54, 1.807) is 24.3 Å². The predicted molar refractivity (Wildman–Crippen MR) is 110 cm³/mol. The van der Waals surface area contributed by atoms with E-state index < -0.39 is 10.0 Å². The normalized spacial score (nSPS) is 24.7. The van der Waals surface area contributed by atoms with Crippen molar-refractivity contribution in [1.29, 1.82) is 0 Å². The van der Waals surface area contributed by atoms with Crippen molar-refractivity contribution in [1.82, 2.24) is 10.0 Å². The van der Waals surface area contributed by atoms with Gasteiger partial charge in [-0.15, -0.1) is 12.4 Å². The first-order valence-corrected chi connectivity index (χ1v) is 11.1. The van der Waals surface area contributed by atoms with Crippen molar-refractivity contribution in [2.75, 3.05) is 13.2 Å². The van der Waals surface area contributed by atoms with Crippen LogP contribution in [0.4, 0.5) is 0 Å². The first-order valence-electron chi connectivity index (χ1n) is 9.66. The van der Waals surface area contributed by atoms with E-state index in [2.05, 4.69) is 10.0 Å². The number of carbonyl (C=O) groups is 1. The Kier molecular flexibility index (Phi) is 8.70. The number of amides is 1. The maximum atomic E-state index is 12.3. The molecule has 1 saturated heterocycles. The van der Waals surface area contributed by atoms with Gasteiger partial charge in [0.25, 0.3) is 0 Å². The Balaban J connectivity index is 0.00000280. The fraction of sp³-hybridized carbons (Fsp3) is 0.632. The van der Waals surface area contributed by atoms with Gasteiger partial charge in [-0.25, -0.2) is 13.1 Å². The van der Waals surface area contributed by atoms with Crippen molar-refractivity contribution in [3.63, 3.8) is 0 Å². The van der Waals surface area contributed by atoms with E-state index >= 15 is 0 Å². The van der Waals surface area contributed by atoms with Crippen molar-refractivity contribution in [3.8, 4) is 0 Å². The molecule has 1 saturated carbocycles. The summed E-state index contributed by atoms with van der Waals surface area (Å²) in [4.78, 5) is 12.3. The molecule has 28 heavy (non-hydrogen) atoms. The summed E-state index contributed by atoms with van der Waals surface area (Å²) in [7, 11) is -3.55. The van der Waals surface area contributed by atoms with E-state index in [4.69, 9.17) is 10.5 Å². The van der Waals surface area contributed by atoms with Crippen LogP contribution in [0.5, 0.6) is 0 Å². The van der Waals surface area contributed by atoms with Crippen molar-refractivity contribution in [2.24, 2.45) is 11.7 Å². The Labute approximate surface area is 173 Å². The Morgan fingerprint density at radius 1 is 1.14 bits per heavy atom. The van der Waals surface area contributed by atoms with E-state index in [1.165, 1.54) is 0 Å². The molecule has 3 rings (SSSR count). The van der Waals surface area contributed by atoms with E-state index in [0.717, 1.165) is 37.7 Å².